The van der Waals surface area contributed by atoms with Crippen LogP contribution in [0.2, 0.25) is 0 Å². The van der Waals surface area contributed by atoms with Gasteiger partial charge in [-0.25, -0.2) is 0 Å². The van der Waals surface area contributed by atoms with E-state index in [1.165, 1.54) is 5.57 Å². The van der Waals surface area contributed by atoms with Gasteiger partial charge in [0.25, 0.3) is 0 Å². The first-order valence-electron chi connectivity index (χ1n) is 5.69. The summed E-state index contributed by atoms with van der Waals surface area (Å²) in [4.78, 5) is 0. The highest BCUT2D eigenvalue weighted by molar-refractivity contribution is 5.19. The largest absolute Gasteiger partial charge is 0.392 e. The highest BCUT2D eigenvalue weighted by atomic mass is 16.5. The van der Waals surface area contributed by atoms with Gasteiger partial charge in [-0.2, -0.15) is 0 Å². The fourth-order valence-electron chi connectivity index (χ4n) is 2.75. The van der Waals surface area contributed by atoms with Crippen LogP contribution in [0.1, 0.15) is 39.0 Å². The Labute approximate surface area is 86.0 Å². The molecular weight excluding hydrogens is 176 g/mol. The quantitative estimate of drug-likeness (QED) is 0.602. The van der Waals surface area contributed by atoms with E-state index >= 15 is 0 Å². The summed E-state index contributed by atoms with van der Waals surface area (Å²) in [7, 11) is 0. The lowest BCUT2D eigenvalue weighted by Gasteiger charge is -2.42. The lowest BCUT2D eigenvalue weighted by molar-refractivity contribution is 0.0184. The van der Waals surface area contributed by atoms with Crippen molar-refractivity contribution in [1.29, 1.82) is 0 Å². The van der Waals surface area contributed by atoms with Crippen LogP contribution in [0, 0.1) is 5.41 Å². The molecule has 1 aliphatic heterocycles. The van der Waals surface area contributed by atoms with Crippen LogP contribution >= 0.6 is 0 Å². The maximum absolute atomic E-state index is 10.1. The molecule has 0 aromatic rings. The molecule has 14 heavy (non-hydrogen) atoms. The maximum Gasteiger partial charge on any atom is 0.0650 e. The summed E-state index contributed by atoms with van der Waals surface area (Å²) in [6, 6.07) is 0. The Hall–Kier alpha value is -0.340. The fraction of sp³-hybridized carbons (Fsp3) is 0.833. The predicted octanol–water partition coefficient (Wildman–Crippen LogP) is 2.27. The first-order valence-corrected chi connectivity index (χ1v) is 5.69. The fourth-order valence-corrected chi connectivity index (χ4v) is 2.75. The molecule has 2 nitrogen and oxygen atoms in total. The molecule has 0 radical (unpaired) electrons. The van der Waals surface area contributed by atoms with E-state index in [1.807, 2.05) is 0 Å². The molecule has 2 atom stereocenters. The molecule has 0 unspecified atom stereocenters. The van der Waals surface area contributed by atoms with E-state index in [2.05, 4.69) is 13.0 Å². The minimum atomic E-state index is -0.138. The maximum atomic E-state index is 10.1. The second-order valence-corrected chi connectivity index (χ2v) is 4.73. The number of hydrogen-bond donors (Lipinski definition) is 1. The predicted molar refractivity (Wildman–Crippen MR) is 56.1 cm³/mol. The van der Waals surface area contributed by atoms with E-state index in [0.29, 0.717) is 0 Å². The van der Waals surface area contributed by atoms with Crippen LogP contribution in [0.15, 0.2) is 11.6 Å². The Morgan fingerprint density at radius 2 is 2.36 bits per heavy atom. The van der Waals surface area contributed by atoms with Crippen LogP contribution in [0.3, 0.4) is 0 Å². The molecule has 0 spiro atoms. The molecule has 2 heteroatoms. The van der Waals surface area contributed by atoms with Gasteiger partial charge in [0.2, 0.25) is 0 Å². The lowest BCUT2D eigenvalue weighted by Crippen LogP contribution is -2.38. The standard InChI is InChI=1S/C12H20O2/c1-12-7-3-8-14-9-6-10(12)4-2-5-11(12)13/h6,11,13H,2-5,7-9H2,1H3/t11-,12-/m0/s1. The zero-order chi connectivity index (χ0) is 10.0. The second-order valence-electron chi connectivity index (χ2n) is 4.73. The minimum absolute atomic E-state index is 0.0437. The average Bonchev–Trinajstić information content (AvgIpc) is 2.14. The summed E-state index contributed by atoms with van der Waals surface area (Å²) < 4.78 is 5.45. The van der Waals surface area contributed by atoms with E-state index in [0.717, 1.165) is 45.3 Å². The zero-order valence-corrected chi connectivity index (χ0v) is 8.96. The molecule has 0 aromatic heterocycles. The number of ether oxygens (including phenoxy) is 1. The molecule has 1 saturated carbocycles. The van der Waals surface area contributed by atoms with Crippen molar-refractivity contribution < 1.29 is 9.84 Å². The van der Waals surface area contributed by atoms with E-state index in [4.69, 9.17) is 4.74 Å². The van der Waals surface area contributed by atoms with Crippen molar-refractivity contribution >= 4 is 0 Å². The molecule has 0 amide bonds. The molecule has 0 saturated heterocycles. The van der Waals surface area contributed by atoms with Crippen molar-refractivity contribution in [3.63, 3.8) is 0 Å². The van der Waals surface area contributed by atoms with Crippen LogP contribution in [0.5, 0.6) is 0 Å². The van der Waals surface area contributed by atoms with Gasteiger partial charge < -0.3 is 9.84 Å². The molecule has 0 bridgehead atoms. The highest BCUT2D eigenvalue weighted by Crippen LogP contribution is 2.44. The molecule has 2 rings (SSSR count). The van der Waals surface area contributed by atoms with Crippen molar-refractivity contribution in [2.45, 2.75) is 45.1 Å². The van der Waals surface area contributed by atoms with Gasteiger partial charge in [-0.15, -0.1) is 0 Å². The van der Waals surface area contributed by atoms with Crippen molar-refractivity contribution in [3.05, 3.63) is 11.6 Å². The number of hydrogen-bond acceptors (Lipinski definition) is 2. The van der Waals surface area contributed by atoms with Crippen LogP contribution in [-0.4, -0.2) is 24.4 Å². The molecule has 2 aliphatic rings. The molecule has 1 fully saturated rings. The van der Waals surface area contributed by atoms with Crippen molar-refractivity contribution in [2.75, 3.05) is 13.2 Å². The molecule has 80 valence electrons. The summed E-state index contributed by atoms with van der Waals surface area (Å²) in [5.74, 6) is 0. The van der Waals surface area contributed by atoms with E-state index in [9.17, 15) is 5.11 Å². The average molecular weight is 196 g/mol. The summed E-state index contributed by atoms with van der Waals surface area (Å²) in [6.07, 6.45) is 7.45. The first-order chi connectivity index (χ1) is 6.73. The Bertz CT molecular complexity index is 234. The Morgan fingerprint density at radius 3 is 3.21 bits per heavy atom. The third-order valence-corrected chi connectivity index (χ3v) is 3.83. The molecule has 0 aromatic carbocycles. The smallest absolute Gasteiger partial charge is 0.0650 e. The van der Waals surface area contributed by atoms with Gasteiger partial charge >= 0.3 is 0 Å². The summed E-state index contributed by atoms with van der Waals surface area (Å²) >= 11 is 0. The van der Waals surface area contributed by atoms with E-state index in [1.54, 1.807) is 0 Å². The Morgan fingerprint density at radius 1 is 1.50 bits per heavy atom. The highest BCUT2D eigenvalue weighted by Gasteiger charge is 2.38. The van der Waals surface area contributed by atoms with Crippen LogP contribution < -0.4 is 0 Å². The number of fused-ring (bicyclic) bond motifs is 1. The van der Waals surface area contributed by atoms with Gasteiger partial charge in [0.1, 0.15) is 0 Å². The number of aliphatic hydroxyl groups is 1. The van der Waals surface area contributed by atoms with E-state index in [-0.39, 0.29) is 11.5 Å². The van der Waals surface area contributed by atoms with Gasteiger partial charge in [-0.1, -0.05) is 18.6 Å². The first kappa shape index (κ1) is 10.2. The normalized spacial score (nSPS) is 39.3. The van der Waals surface area contributed by atoms with Crippen LogP contribution in [0.25, 0.3) is 0 Å². The van der Waals surface area contributed by atoms with Gasteiger partial charge in [-0.05, 0) is 32.1 Å². The summed E-state index contributed by atoms with van der Waals surface area (Å²) in [5, 5.41) is 10.1. The minimum Gasteiger partial charge on any atom is -0.392 e. The number of rotatable bonds is 0. The van der Waals surface area contributed by atoms with Crippen LogP contribution in [0.4, 0.5) is 0 Å². The van der Waals surface area contributed by atoms with Gasteiger partial charge in [-0.3, -0.25) is 0 Å². The lowest BCUT2D eigenvalue weighted by atomic mass is 9.67. The topological polar surface area (TPSA) is 29.5 Å². The van der Waals surface area contributed by atoms with E-state index < -0.39 is 0 Å². The van der Waals surface area contributed by atoms with Gasteiger partial charge in [0, 0.05) is 12.0 Å². The van der Waals surface area contributed by atoms with Crippen LogP contribution in [-0.2, 0) is 4.74 Å². The SMILES string of the molecule is C[C@]12CCCOCC=C1CCC[C@@H]2O. The molecular formula is C12H20O2. The van der Waals surface area contributed by atoms with Gasteiger partial charge in [0.15, 0.2) is 0 Å². The Balaban J connectivity index is 2.23. The molecule has 1 heterocycles. The van der Waals surface area contributed by atoms with Crippen molar-refractivity contribution in [2.24, 2.45) is 5.41 Å². The summed E-state index contributed by atoms with van der Waals surface area (Å²) in [5.41, 5.74) is 1.47. The monoisotopic (exact) mass is 196 g/mol. The Kier molecular flexibility index (Phi) is 2.93. The van der Waals surface area contributed by atoms with Gasteiger partial charge in [0.05, 0.1) is 12.7 Å². The zero-order valence-electron chi connectivity index (χ0n) is 8.96. The number of aliphatic hydroxyl groups excluding tert-OH is 1. The van der Waals surface area contributed by atoms with Crippen molar-refractivity contribution in [3.8, 4) is 0 Å². The second kappa shape index (κ2) is 4.03. The van der Waals surface area contributed by atoms with Crippen molar-refractivity contribution in [1.82, 2.24) is 0 Å². The third kappa shape index (κ3) is 1.73. The summed E-state index contributed by atoms with van der Waals surface area (Å²) in [6.45, 7) is 3.79. The molecule has 1 aliphatic carbocycles. The molecule has 1 N–H and O–H groups in total. The third-order valence-electron chi connectivity index (χ3n) is 3.83.